The Morgan fingerprint density at radius 1 is 1.29 bits per heavy atom. The minimum absolute atomic E-state index is 0.119. The fraction of sp³-hybridized carbons (Fsp3) is 0. The molecule has 0 aliphatic rings. The third-order valence-electron chi connectivity index (χ3n) is 1.46. The molecule has 0 fully saturated rings. The molecule has 0 aliphatic heterocycles. The molecule has 0 heterocycles. The van der Waals surface area contributed by atoms with Gasteiger partial charge in [-0.1, -0.05) is 11.6 Å². The van der Waals surface area contributed by atoms with Gasteiger partial charge in [0, 0.05) is 16.5 Å². The second kappa shape index (κ2) is 4.27. The highest BCUT2D eigenvalue weighted by molar-refractivity contribution is 7.94. The Morgan fingerprint density at radius 3 is 2.36 bits per heavy atom. The Balaban J connectivity index is 3.13. The molecule has 14 heavy (non-hydrogen) atoms. The minimum Gasteiger partial charge on any atom is -0.219 e. The van der Waals surface area contributed by atoms with E-state index in [-0.39, 0.29) is 4.90 Å². The molecule has 0 N–H and O–H groups in total. The van der Waals surface area contributed by atoms with Gasteiger partial charge in [-0.3, -0.25) is 0 Å². The summed E-state index contributed by atoms with van der Waals surface area (Å²) in [5.41, 5.74) is 0. The maximum Gasteiger partial charge on any atom is 0.200 e. The molecular formula is C9H6ClNO2S. The third-order valence-corrected chi connectivity index (χ3v) is 3.14. The standard InChI is InChI=1S/C9H6ClNO2S/c10-8-2-4-9(5-3-8)14(12,13)7-1-6-11/h1-5,7H/b7-1-. The van der Waals surface area contributed by atoms with Gasteiger partial charge in [-0.25, -0.2) is 8.42 Å². The summed E-state index contributed by atoms with van der Waals surface area (Å²) < 4.78 is 22.8. The topological polar surface area (TPSA) is 57.9 Å². The second-order valence-electron chi connectivity index (χ2n) is 2.43. The smallest absolute Gasteiger partial charge is 0.200 e. The van der Waals surface area contributed by atoms with E-state index < -0.39 is 9.84 Å². The van der Waals surface area contributed by atoms with E-state index >= 15 is 0 Å². The zero-order chi connectivity index (χ0) is 10.6. The summed E-state index contributed by atoms with van der Waals surface area (Å²) in [4.78, 5) is 0.119. The molecule has 0 bridgehead atoms. The maximum absolute atomic E-state index is 11.4. The number of hydrogen-bond acceptors (Lipinski definition) is 3. The highest BCUT2D eigenvalue weighted by Crippen LogP contribution is 2.15. The maximum atomic E-state index is 11.4. The molecule has 0 atom stereocenters. The Kier molecular flexibility index (Phi) is 3.28. The van der Waals surface area contributed by atoms with E-state index in [4.69, 9.17) is 16.9 Å². The lowest BCUT2D eigenvalue weighted by Gasteiger charge is -1.97. The van der Waals surface area contributed by atoms with Crippen molar-refractivity contribution in [1.82, 2.24) is 0 Å². The average molecular weight is 228 g/mol. The van der Waals surface area contributed by atoms with Crippen LogP contribution < -0.4 is 0 Å². The predicted molar refractivity (Wildman–Crippen MR) is 53.4 cm³/mol. The first-order chi connectivity index (χ1) is 6.56. The van der Waals surface area contributed by atoms with Crippen LogP contribution in [0.5, 0.6) is 0 Å². The van der Waals surface area contributed by atoms with Crippen LogP contribution in [0.1, 0.15) is 0 Å². The van der Waals surface area contributed by atoms with E-state index in [1.54, 1.807) is 6.07 Å². The van der Waals surface area contributed by atoms with Gasteiger partial charge in [0.15, 0.2) is 0 Å². The zero-order valence-electron chi connectivity index (χ0n) is 7.01. The fourth-order valence-corrected chi connectivity index (χ4v) is 1.86. The summed E-state index contributed by atoms with van der Waals surface area (Å²) >= 11 is 5.60. The van der Waals surface area contributed by atoms with Crippen molar-refractivity contribution in [3.8, 4) is 6.07 Å². The molecule has 5 heteroatoms. The lowest BCUT2D eigenvalue weighted by atomic mass is 10.4. The fourth-order valence-electron chi connectivity index (χ4n) is 0.823. The van der Waals surface area contributed by atoms with Gasteiger partial charge in [-0.15, -0.1) is 0 Å². The summed E-state index contributed by atoms with van der Waals surface area (Å²) in [5, 5.41) is 9.52. The van der Waals surface area contributed by atoms with E-state index in [1.807, 2.05) is 0 Å². The molecule has 1 aromatic rings. The van der Waals surface area contributed by atoms with Crippen molar-refractivity contribution in [3.05, 3.63) is 40.8 Å². The summed E-state index contributed by atoms with van der Waals surface area (Å²) in [6.07, 6.45) is 0.921. The molecule has 0 unspecified atom stereocenters. The predicted octanol–water partition coefficient (Wildman–Crippen LogP) is 2.15. The highest BCUT2D eigenvalue weighted by Gasteiger charge is 2.08. The molecule has 0 saturated carbocycles. The molecule has 0 aliphatic carbocycles. The van der Waals surface area contributed by atoms with Gasteiger partial charge in [0.05, 0.1) is 11.0 Å². The number of halogens is 1. The first-order valence-corrected chi connectivity index (χ1v) is 5.55. The molecule has 0 aromatic heterocycles. The summed E-state index contributed by atoms with van der Waals surface area (Å²) in [7, 11) is -3.50. The normalized spacial score (nSPS) is 11.4. The van der Waals surface area contributed by atoms with Crippen molar-refractivity contribution in [2.24, 2.45) is 0 Å². The average Bonchev–Trinajstić information content (AvgIpc) is 2.16. The molecule has 0 amide bonds. The van der Waals surface area contributed by atoms with Gasteiger partial charge < -0.3 is 0 Å². The van der Waals surface area contributed by atoms with Gasteiger partial charge in [0.1, 0.15) is 0 Å². The number of rotatable bonds is 2. The zero-order valence-corrected chi connectivity index (χ0v) is 8.59. The van der Waals surface area contributed by atoms with E-state index in [0.717, 1.165) is 11.5 Å². The second-order valence-corrected chi connectivity index (χ2v) is 4.70. The Labute approximate surface area is 87.2 Å². The van der Waals surface area contributed by atoms with E-state index in [2.05, 4.69) is 0 Å². The van der Waals surface area contributed by atoms with Crippen LogP contribution in [0.15, 0.2) is 40.6 Å². The van der Waals surface area contributed by atoms with Crippen LogP contribution in [0.3, 0.4) is 0 Å². The van der Waals surface area contributed by atoms with Gasteiger partial charge in [-0.2, -0.15) is 5.26 Å². The first-order valence-electron chi connectivity index (χ1n) is 3.63. The number of allylic oxidation sites excluding steroid dienone is 1. The summed E-state index contributed by atoms with van der Waals surface area (Å²) in [6, 6.07) is 7.36. The van der Waals surface area contributed by atoms with Crippen molar-refractivity contribution in [3.63, 3.8) is 0 Å². The van der Waals surface area contributed by atoms with Gasteiger partial charge in [-0.05, 0) is 24.3 Å². The van der Waals surface area contributed by atoms with Crippen LogP contribution in [-0.2, 0) is 9.84 Å². The van der Waals surface area contributed by atoms with Gasteiger partial charge in [0.25, 0.3) is 0 Å². The van der Waals surface area contributed by atoms with Crippen LogP contribution >= 0.6 is 11.6 Å². The molecular weight excluding hydrogens is 222 g/mol. The molecule has 0 spiro atoms. The number of nitriles is 1. The molecule has 1 rings (SSSR count). The molecule has 0 radical (unpaired) electrons. The van der Waals surface area contributed by atoms with Gasteiger partial charge >= 0.3 is 0 Å². The Bertz CT molecular complexity index is 483. The SMILES string of the molecule is N#C/C=C\S(=O)(=O)c1ccc(Cl)cc1. The van der Waals surface area contributed by atoms with Crippen molar-refractivity contribution < 1.29 is 8.42 Å². The monoisotopic (exact) mass is 227 g/mol. The summed E-state index contributed by atoms with van der Waals surface area (Å²) in [6.45, 7) is 0. The summed E-state index contributed by atoms with van der Waals surface area (Å²) in [5.74, 6) is 0. The van der Waals surface area contributed by atoms with Crippen molar-refractivity contribution in [2.75, 3.05) is 0 Å². The van der Waals surface area contributed by atoms with Crippen LogP contribution in [0.25, 0.3) is 0 Å². The number of benzene rings is 1. The molecule has 3 nitrogen and oxygen atoms in total. The van der Waals surface area contributed by atoms with Gasteiger partial charge in [0.2, 0.25) is 9.84 Å². The van der Waals surface area contributed by atoms with E-state index in [0.29, 0.717) is 5.02 Å². The molecule has 1 aromatic carbocycles. The van der Waals surface area contributed by atoms with E-state index in [1.165, 1.54) is 24.3 Å². The minimum atomic E-state index is -3.50. The van der Waals surface area contributed by atoms with Crippen LogP contribution in [-0.4, -0.2) is 8.42 Å². The third kappa shape index (κ3) is 2.59. The largest absolute Gasteiger partial charge is 0.219 e. The van der Waals surface area contributed by atoms with E-state index in [9.17, 15) is 8.42 Å². The number of hydrogen-bond donors (Lipinski definition) is 0. The Morgan fingerprint density at radius 2 is 1.86 bits per heavy atom. The van der Waals surface area contributed by atoms with Crippen molar-refractivity contribution in [2.45, 2.75) is 4.90 Å². The highest BCUT2D eigenvalue weighted by atomic mass is 35.5. The number of nitrogens with zero attached hydrogens (tertiary/aromatic N) is 1. The quantitative estimate of drug-likeness (QED) is 0.728. The lowest BCUT2D eigenvalue weighted by Crippen LogP contribution is -1.95. The van der Waals surface area contributed by atoms with Crippen LogP contribution in [0.4, 0.5) is 0 Å². The van der Waals surface area contributed by atoms with Crippen LogP contribution in [0, 0.1) is 11.3 Å². The Hall–Kier alpha value is -1.31. The molecule has 0 saturated heterocycles. The van der Waals surface area contributed by atoms with Crippen LogP contribution in [0.2, 0.25) is 5.02 Å². The number of sulfone groups is 1. The molecule has 72 valence electrons. The first kappa shape index (κ1) is 10.8. The van der Waals surface area contributed by atoms with Crippen molar-refractivity contribution in [1.29, 1.82) is 5.26 Å². The van der Waals surface area contributed by atoms with Crippen molar-refractivity contribution >= 4 is 21.4 Å². The lowest BCUT2D eigenvalue weighted by molar-refractivity contribution is 0.604.